The minimum absolute atomic E-state index is 0.105. The summed E-state index contributed by atoms with van der Waals surface area (Å²) in [6.07, 6.45) is 53.9. The van der Waals surface area contributed by atoms with Crippen LogP contribution in [0.15, 0.2) is 0 Å². The topological polar surface area (TPSA) is 237 Å². The lowest BCUT2D eigenvalue weighted by Gasteiger charge is -2.21. The van der Waals surface area contributed by atoms with Crippen molar-refractivity contribution in [2.24, 2.45) is 17.8 Å². The van der Waals surface area contributed by atoms with Gasteiger partial charge in [0.05, 0.1) is 26.4 Å². The highest BCUT2D eigenvalue weighted by molar-refractivity contribution is 7.47. The van der Waals surface area contributed by atoms with Gasteiger partial charge in [-0.2, -0.15) is 0 Å². The molecule has 0 aliphatic rings. The molecule has 570 valence electrons. The molecule has 3 N–H and O–H groups in total. The van der Waals surface area contributed by atoms with Gasteiger partial charge in [-0.05, 0) is 43.4 Å². The number of carbonyl (C=O) groups excluding carboxylic acids is 4. The summed E-state index contributed by atoms with van der Waals surface area (Å²) in [6.45, 7) is 11.9. The van der Waals surface area contributed by atoms with Crippen LogP contribution in [0.4, 0.5) is 0 Å². The quantitative estimate of drug-likeness (QED) is 0.0222. The zero-order valence-corrected chi connectivity index (χ0v) is 64.6. The van der Waals surface area contributed by atoms with Crippen molar-refractivity contribution in [2.45, 2.75) is 414 Å². The number of esters is 4. The largest absolute Gasteiger partial charge is 0.472 e. The normalized spacial score (nSPS) is 14.6. The van der Waals surface area contributed by atoms with Crippen LogP contribution < -0.4 is 0 Å². The maximum absolute atomic E-state index is 13.1. The molecular weight excluding hydrogens is 1260 g/mol. The Balaban J connectivity index is 5.25. The van der Waals surface area contributed by atoms with Crippen molar-refractivity contribution in [3.05, 3.63) is 0 Å². The molecule has 17 nitrogen and oxygen atoms in total. The molecule has 0 aromatic heterocycles. The first-order chi connectivity index (χ1) is 46.3. The summed E-state index contributed by atoms with van der Waals surface area (Å²) < 4.78 is 68.6. The van der Waals surface area contributed by atoms with E-state index in [2.05, 4.69) is 48.5 Å². The lowest BCUT2D eigenvalue weighted by molar-refractivity contribution is -0.161. The second kappa shape index (κ2) is 67.5. The van der Waals surface area contributed by atoms with E-state index < -0.39 is 97.5 Å². The second-order valence-corrected chi connectivity index (χ2v) is 31.6. The van der Waals surface area contributed by atoms with Crippen LogP contribution in [0.3, 0.4) is 0 Å². The number of phosphoric acid groups is 2. The zero-order chi connectivity index (χ0) is 70.9. The lowest BCUT2D eigenvalue weighted by atomic mass is 9.99. The molecule has 0 aliphatic heterocycles. The van der Waals surface area contributed by atoms with Gasteiger partial charge in [0.25, 0.3) is 0 Å². The first kappa shape index (κ1) is 94.1. The molecule has 0 rings (SSSR count). The Hall–Kier alpha value is -1.94. The van der Waals surface area contributed by atoms with Gasteiger partial charge in [-0.3, -0.25) is 37.3 Å². The molecule has 0 radical (unpaired) electrons. The fourth-order valence-electron chi connectivity index (χ4n) is 11.7. The standard InChI is InChI=1S/C77H150O17P2/c1-8-11-12-13-14-15-16-21-25-28-37-44-51-58-74(79)87-64-72(93-76(81)60-53-46-39-29-26-23-20-18-17-19-22-24-27-34-41-48-55-68(4)5)66-91-95(83,84)89-62-71(78)63-90-96(85,86)92-67-73(94-77(82)61-54-47-40-33-31-36-43-50-57-70(7)10-3)65-88-75(80)59-52-45-38-32-30-35-42-49-56-69(6)9-2/h68-73,78H,8-67H2,1-7H3,(H,83,84)(H,85,86)/t69?,70?,71-,72-,73-/m1/s1. The van der Waals surface area contributed by atoms with Crippen LogP contribution in [0.5, 0.6) is 0 Å². The average molecular weight is 1410 g/mol. The Morgan fingerprint density at radius 1 is 0.302 bits per heavy atom. The molecule has 96 heavy (non-hydrogen) atoms. The van der Waals surface area contributed by atoms with Crippen molar-refractivity contribution >= 4 is 39.5 Å². The highest BCUT2D eigenvalue weighted by Gasteiger charge is 2.30. The van der Waals surface area contributed by atoms with Crippen molar-refractivity contribution in [3.8, 4) is 0 Å². The summed E-state index contributed by atoms with van der Waals surface area (Å²) in [7, 11) is -9.91. The second-order valence-electron chi connectivity index (χ2n) is 28.7. The average Bonchev–Trinajstić information content (AvgIpc) is 1.53. The molecule has 0 amide bonds. The molecule has 0 aromatic carbocycles. The Bertz CT molecular complexity index is 1870. The zero-order valence-electron chi connectivity index (χ0n) is 62.8. The van der Waals surface area contributed by atoms with E-state index >= 15 is 0 Å². The van der Waals surface area contributed by atoms with Gasteiger partial charge in [-0.1, -0.05) is 344 Å². The van der Waals surface area contributed by atoms with Gasteiger partial charge >= 0.3 is 39.5 Å². The first-order valence-electron chi connectivity index (χ1n) is 39.9. The molecule has 0 saturated heterocycles. The van der Waals surface area contributed by atoms with Crippen molar-refractivity contribution in [1.29, 1.82) is 0 Å². The number of hydrogen-bond acceptors (Lipinski definition) is 15. The Kier molecular flexibility index (Phi) is 66.2. The number of unbranched alkanes of at least 4 members (excludes halogenated alkanes) is 41. The third-order valence-electron chi connectivity index (χ3n) is 18.6. The predicted molar refractivity (Wildman–Crippen MR) is 391 cm³/mol. The van der Waals surface area contributed by atoms with Crippen molar-refractivity contribution in [1.82, 2.24) is 0 Å². The van der Waals surface area contributed by atoms with E-state index in [0.29, 0.717) is 25.7 Å². The smallest absolute Gasteiger partial charge is 0.462 e. The molecule has 0 bridgehead atoms. The fourth-order valence-corrected chi connectivity index (χ4v) is 13.3. The van der Waals surface area contributed by atoms with Crippen LogP contribution in [0, 0.1) is 17.8 Å². The van der Waals surface area contributed by atoms with Crippen LogP contribution in [0.2, 0.25) is 0 Å². The predicted octanol–water partition coefficient (Wildman–Crippen LogP) is 22.6. The van der Waals surface area contributed by atoms with Crippen LogP contribution in [0.25, 0.3) is 0 Å². The van der Waals surface area contributed by atoms with Gasteiger partial charge in [0.15, 0.2) is 12.2 Å². The molecule has 0 spiro atoms. The molecule has 7 atom stereocenters. The van der Waals surface area contributed by atoms with Gasteiger partial charge in [0.1, 0.15) is 19.3 Å². The van der Waals surface area contributed by atoms with E-state index in [0.717, 1.165) is 108 Å². The Morgan fingerprint density at radius 3 is 0.792 bits per heavy atom. The third-order valence-corrected chi connectivity index (χ3v) is 20.5. The number of carbonyl (C=O) groups is 4. The van der Waals surface area contributed by atoms with E-state index in [1.807, 2.05) is 0 Å². The van der Waals surface area contributed by atoms with Gasteiger partial charge in [0, 0.05) is 25.7 Å². The van der Waals surface area contributed by atoms with E-state index in [9.17, 15) is 43.2 Å². The molecule has 4 unspecified atom stereocenters. The summed E-state index contributed by atoms with van der Waals surface area (Å²) in [5.41, 5.74) is 0. The van der Waals surface area contributed by atoms with E-state index in [1.54, 1.807) is 0 Å². The molecule has 0 aromatic rings. The van der Waals surface area contributed by atoms with Crippen LogP contribution in [-0.4, -0.2) is 96.7 Å². The van der Waals surface area contributed by atoms with E-state index in [4.69, 9.17) is 37.0 Å². The molecule has 0 heterocycles. The number of aliphatic hydroxyl groups excluding tert-OH is 1. The van der Waals surface area contributed by atoms with Crippen molar-refractivity contribution in [3.63, 3.8) is 0 Å². The van der Waals surface area contributed by atoms with Gasteiger partial charge in [0.2, 0.25) is 0 Å². The maximum Gasteiger partial charge on any atom is 0.472 e. The lowest BCUT2D eigenvalue weighted by Crippen LogP contribution is -2.30. The third kappa shape index (κ3) is 67.9. The van der Waals surface area contributed by atoms with Crippen LogP contribution in [-0.2, 0) is 65.4 Å². The monoisotopic (exact) mass is 1410 g/mol. The number of hydrogen-bond donors (Lipinski definition) is 3. The SMILES string of the molecule is CCCCCCCCCCCCCCCC(=O)OC[C@H](COP(=O)(O)OC[C@@H](O)COP(=O)(O)OC[C@@H](COC(=O)CCCCCCCCCCC(C)CC)OC(=O)CCCCCCCCCCC(C)CC)OC(=O)CCCCCCCCCCCCCCCCCCC(C)C. The number of ether oxygens (including phenoxy) is 4. The first-order valence-corrected chi connectivity index (χ1v) is 42.9. The highest BCUT2D eigenvalue weighted by Crippen LogP contribution is 2.45. The van der Waals surface area contributed by atoms with Gasteiger partial charge in [-0.25, -0.2) is 9.13 Å². The minimum atomic E-state index is -4.96. The number of rotatable bonds is 75. The van der Waals surface area contributed by atoms with Crippen molar-refractivity contribution < 1.29 is 80.2 Å². The fraction of sp³-hybridized carbons (Fsp3) is 0.948. The van der Waals surface area contributed by atoms with Crippen molar-refractivity contribution in [2.75, 3.05) is 39.6 Å². The molecule has 0 fully saturated rings. The van der Waals surface area contributed by atoms with Gasteiger partial charge < -0.3 is 33.8 Å². The van der Waals surface area contributed by atoms with E-state index in [1.165, 1.54) is 205 Å². The molecule has 0 saturated carbocycles. The summed E-state index contributed by atoms with van der Waals surface area (Å²) in [5.74, 6) is 0.239. The summed E-state index contributed by atoms with van der Waals surface area (Å²) >= 11 is 0. The number of phosphoric ester groups is 2. The summed E-state index contributed by atoms with van der Waals surface area (Å²) in [4.78, 5) is 72.9. The van der Waals surface area contributed by atoms with Gasteiger partial charge in [-0.15, -0.1) is 0 Å². The summed E-state index contributed by atoms with van der Waals surface area (Å²) in [5, 5.41) is 10.6. The summed E-state index contributed by atoms with van der Waals surface area (Å²) in [6, 6.07) is 0. The number of aliphatic hydroxyl groups is 1. The van der Waals surface area contributed by atoms with Crippen LogP contribution in [0.1, 0.15) is 395 Å². The molecule has 19 heteroatoms. The minimum Gasteiger partial charge on any atom is -0.462 e. The van der Waals surface area contributed by atoms with E-state index in [-0.39, 0.29) is 25.7 Å². The molecular formula is C77H150O17P2. The molecule has 0 aliphatic carbocycles. The van der Waals surface area contributed by atoms with Crippen LogP contribution >= 0.6 is 15.6 Å². The maximum atomic E-state index is 13.1. The Labute approximate surface area is 588 Å². The highest BCUT2D eigenvalue weighted by atomic mass is 31.2. The Morgan fingerprint density at radius 2 is 0.531 bits per heavy atom.